The lowest BCUT2D eigenvalue weighted by Crippen LogP contribution is -2.00. The smallest absolute Gasteiger partial charge is 0.161 e. The van der Waals surface area contributed by atoms with Crippen LogP contribution in [0.2, 0.25) is 0 Å². The fourth-order valence-electron chi connectivity index (χ4n) is 1.64. The summed E-state index contributed by atoms with van der Waals surface area (Å²) in [5.74, 6) is -0.436. The molecular weight excluding hydrogens is 216 g/mol. The molecule has 0 spiro atoms. The zero-order valence-electron chi connectivity index (χ0n) is 9.77. The summed E-state index contributed by atoms with van der Waals surface area (Å²) in [6.07, 6.45) is 3.56. The Hall–Kier alpha value is -2.23. The van der Waals surface area contributed by atoms with Crippen molar-refractivity contribution in [3.63, 3.8) is 0 Å². The van der Waals surface area contributed by atoms with Crippen LogP contribution in [0.3, 0.4) is 0 Å². The van der Waals surface area contributed by atoms with Crippen LogP contribution in [0.4, 0.5) is 5.69 Å². The predicted molar refractivity (Wildman–Crippen MR) is 70.7 cm³/mol. The third-order valence-corrected chi connectivity index (χ3v) is 2.30. The van der Waals surface area contributed by atoms with Crippen LogP contribution in [-0.2, 0) is 6.42 Å². The van der Waals surface area contributed by atoms with E-state index in [9.17, 15) is 10.2 Å². The molecule has 0 fully saturated rings. The Bertz CT molecular complexity index is 491. The summed E-state index contributed by atoms with van der Waals surface area (Å²) in [5.41, 5.74) is 7.49. The monoisotopic (exact) mass is 232 g/mol. The summed E-state index contributed by atoms with van der Waals surface area (Å²) in [7, 11) is 0. The lowest BCUT2D eigenvalue weighted by molar-refractivity contribution is 0.400. The number of allylic oxidation sites excluding steroid dienone is 1. The fraction of sp³-hybridized carbons (Fsp3) is 0.154. The Morgan fingerprint density at radius 1 is 1.53 bits per heavy atom. The molecule has 4 N–H and O–H groups in total. The van der Waals surface area contributed by atoms with Gasteiger partial charge in [-0.25, -0.2) is 0 Å². The third kappa shape index (κ3) is 2.47. The molecule has 0 radical (unpaired) electrons. The highest BCUT2D eigenvalue weighted by Gasteiger charge is 2.17. The molecule has 0 aliphatic carbocycles. The molecule has 0 aliphatic heterocycles. The topological polar surface area (TPSA) is 78.8 Å². The summed E-state index contributed by atoms with van der Waals surface area (Å²) < 4.78 is 0. The second-order valence-electron chi connectivity index (χ2n) is 3.52. The van der Waals surface area contributed by atoms with E-state index in [1.807, 2.05) is 0 Å². The van der Waals surface area contributed by atoms with Gasteiger partial charge in [0.25, 0.3) is 0 Å². The van der Waals surface area contributed by atoms with Crippen LogP contribution in [0.25, 0.3) is 5.70 Å². The Morgan fingerprint density at radius 2 is 2.18 bits per heavy atom. The van der Waals surface area contributed by atoms with Gasteiger partial charge in [0.05, 0.1) is 5.69 Å². The lowest BCUT2D eigenvalue weighted by atomic mass is 9.98. The van der Waals surface area contributed by atoms with Crippen molar-refractivity contribution >= 4 is 17.6 Å². The number of rotatable bonds is 4. The molecule has 4 nitrogen and oxygen atoms in total. The van der Waals surface area contributed by atoms with Gasteiger partial charge in [-0.1, -0.05) is 12.7 Å². The van der Waals surface area contributed by atoms with Crippen molar-refractivity contribution in [2.24, 2.45) is 10.7 Å². The Balaban J connectivity index is 3.62. The van der Waals surface area contributed by atoms with Crippen molar-refractivity contribution in [2.45, 2.75) is 13.3 Å². The molecular formula is C13H16N2O2. The Labute approximate surface area is 100 Å². The molecule has 0 saturated heterocycles. The molecule has 1 aromatic rings. The lowest BCUT2D eigenvalue weighted by Gasteiger charge is -2.14. The first-order valence-electron chi connectivity index (χ1n) is 5.15. The van der Waals surface area contributed by atoms with Crippen molar-refractivity contribution in [3.05, 3.63) is 36.4 Å². The molecule has 1 rings (SSSR count). The van der Waals surface area contributed by atoms with Crippen LogP contribution >= 0.6 is 0 Å². The fourth-order valence-corrected chi connectivity index (χ4v) is 1.64. The van der Waals surface area contributed by atoms with Crippen LogP contribution in [0.15, 0.2) is 30.3 Å². The van der Waals surface area contributed by atoms with Crippen LogP contribution in [-0.4, -0.2) is 16.4 Å². The van der Waals surface area contributed by atoms with E-state index in [-0.39, 0.29) is 17.2 Å². The SMILES string of the molecule is C=CCc1c(O)c(O)cc(N=CC)c1C(=C)N. The number of phenols is 2. The number of benzene rings is 1. The van der Waals surface area contributed by atoms with E-state index < -0.39 is 0 Å². The van der Waals surface area contributed by atoms with Gasteiger partial charge in [-0.05, 0) is 13.3 Å². The minimum Gasteiger partial charge on any atom is -0.504 e. The van der Waals surface area contributed by atoms with E-state index in [4.69, 9.17) is 5.73 Å². The molecule has 0 aromatic heterocycles. The van der Waals surface area contributed by atoms with Crippen LogP contribution in [0.5, 0.6) is 11.5 Å². The molecule has 4 heteroatoms. The first-order valence-corrected chi connectivity index (χ1v) is 5.15. The second-order valence-corrected chi connectivity index (χ2v) is 3.52. The molecule has 0 amide bonds. The highest BCUT2D eigenvalue weighted by molar-refractivity contribution is 5.80. The number of hydrogen-bond acceptors (Lipinski definition) is 4. The number of aliphatic imine (C=N–C) groups is 1. The average molecular weight is 232 g/mol. The number of hydrogen-bond donors (Lipinski definition) is 3. The maximum absolute atomic E-state index is 9.80. The largest absolute Gasteiger partial charge is 0.504 e. The van der Waals surface area contributed by atoms with E-state index in [1.165, 1.54) is 6.07 Å². The molecule has 90 valence electrons. The normalized spacial score (nSPS) is 10.6. The highest BCUT2D eigenvalue weighted by atomic mass is 16.3. The second kappa shape index (κ2) is 5.21. The highest BCUT2D eigenvalue weighted by Crippen LogP contribution is 2.40. The number of phenolic OH excluding ortho intramolecular Hbond substituents is 2. The van der Waals surface area contributed by atoms with Crippen LogP contribution in [0, 0.1) is 0 Å². The van der Waals surface area contributed by atoms with Crippen molar-refractivity contribution < 1.29 is 10.2 Å². The predicted octanol–water partition coefficient (Wildman–Crippen LogP) is 2.48. The van der Waals surface area contributed by atoms with Gasteiger partial charge in [-0.2, -0.15) is 0 Å². The maximum Gasteiger partial charge on any atom is 0.161 e. The minimum absolute atomic E-state index is 0.207. The van der Waals surface area contributed by atoms with Gasteiger partial charge in [0.2, 0.25) is 0 Å². The van der Waals surface area contributed by atoms with Crippen molar-refractivity contribution in [3.8, 4) is 11.5 Å². The summed E-state index contributed by atoms with van der Waals surface area (Å²) in [5, 5.41) is 19.4. The van der Waals surface area contributed by atoms with Crippen LogP contribution in [0.1, 0.15) is 18.1 Å². The molecule has 0 atom stereocenters. The van der Waals surface area contributed by atoms with Crippen molar-refractivity contribution in [2.75, 3.05) is 0 Å². The molecule has 0 bridgehead atoms. The first kappa shape index (κ1) is 12.8. The van der Waals surface area contributed by atoms with E-state index in [0.717, 1.165) is 0 Å². The van der Waals surface area contributed by atoms with Crippen molar-refractivity contribution in [1.82, 2.24) is 0 Å². The number of aromatic hydroxyl groups is 2. The van der Waals surface area contributed by atoms with Gasteiger partial charge in [-0.3, -0.25) is 4.99 Å². The molecule has 1 aromatic carbocycles. The van der Waals surface area contributed by atoms with E-state index in [2.05, 4.69) is 18.2 Å². The van der Waals surface area contributed by atoms with Gasteiger partial charge in [0, 0.05) is 29.1 Å². The summed E-state index contributed by atoms with van der Waals surface area (Å²) in [6, 6.07) is 1.36. The summed E-state index contributed by atoms with van der Waals surface area (Å²) in [4.78, 5) is 4.10. The number of nitrogens with two attached hydrogens (primary N) is 1. The van der Waals surface area contributed by atoms with E-state index >= 15 is 0 Å². The van der Waals surface area contributed by atoms with Gasteiger partial charge < -0.3 is 15.9 Å². The minimum atomic E-state index is -0.229. The average Bonchev–Trinajstić information content (AvgIpc) is 2.25. The van der Waals surface area contributed by atoms with Gasteiger partial charge in [-0.15, -0.1) is 6.58 Å². The zero-order chi connectivity index (χ0) is 13.0. The summed E-state index contributed by atoms with van der Waals surface area (Å²) in [6.45, 7) is 9.01. The molecule has 0 saturated carbocycles. The Kier molecular flexibility index (Phi) is 3.93. The van der Waals surface area contributed by atoms with Gasteiger partial charge in [0.15, 0.2) is 11.5 Å². The van der Waals surface area contributed by atoms with Crippen LogP contribution < -0.4 is 5.73 Å². The van der Waals surface area contributed by atoms with Gasteiger partial charge >= 0.3 is 0 Å². The molecule has 0 unspecified atom stereocenters. The third-order valence-electron chi connectivity index (χ3n) is 2.30. The number of nitrogens with zero attached hydrogens (tertiary/aromatic N) is 1. The maximum atomic E-state index is 9.80. The molecule has 17 heavy (non-hydrogen) atoms. The standard InChI is InChI=1S/C13H16N2O2/c1-4-6-9-12(8(3)14)10(15-5-2)7-11(16)13(9)17/h4-5,7,16-17H,1,3,6,14H2,2H3. The van der Waals surface area contributed by atoms with Crippen molar-refractivity contribution in [1.29, 1.82) is 0 Å². The quantitative estimate of drug-likeness (QED) is 0.424. The Morgan fingerprint density at radius 3 is 2.65 bits per heavy atom. The molecule has 0 aliphatic rings. The first-order chi connectivity index (χ1) is 8.02. The van der Waals surface area contributed by atoms with E-state index in [0.29, 0.717) is 23.2 Å². The molecule has 0 heterocycles. The summed E-state index contributed by atoms with van der Waals surface area (Å²) >= 11 is 0. The van der Waals surface area contributed by atoms with Gasteiger partial charge in [0.1, 0.15) is 0 Å². The van der Waals surface area contributed by atoms with E-state index in [1.54, 1.807) is 19.2 Å². The zero-order valence-corrected chi connectivity index (χ0v) is 9.77.